The summed E-state index contributed by atoms with van der Waals surface area (Å²) in [5.74, 6) is -0.552. The number of carboxylic acid groups (broad SMARTS) is 1. The highest BCUT2D eigenvalue weighted by Crippen LogP contribution is 2.34. The molecule has 0 saturated heterocycles. The summed E-state index contributed by atoms with van der Waals surface area (Å²) < 4.78 is 5.34. The van der Waals surface area contributed by atoms with E-state index in [0.717, 1.165) is 23.2 Å². The fraction of sp³-hybridized carbons (Fsp3) is 0.300. The largest absolute Gasteiger partial charge is 0.481 e. The molecular formula is C20H21NO4. The molecule has 2 aromatic carbocycles. The first kappa shape index (κ1) is 17.0. The van der Waals surface area contributed by atoms with Crippen LogP contribution >= 0.6 is 0 Å². The molecule has 0 radical (unpaired) electrons. The highest BCUT2D eigenvalue weighted by molar-refractivity contribution is 6.08. The molecule has 0 spiro atoms. The smallest absolute Gasteiger partial charge is 0.341 e. The Labute approximate surface area is 146 Å². The summed E-state index contributed by atoms with van der Waals surface area (Å²) in [5, 5.41) is 8.78. The monoisotopic (exact) mass is 339 g/mol. The van der Waals surface area contributed by atoms with E-state index in [9.17, 15) is 9.59 Å². The Bertz CT molecular complexity index is 820. The molecule has 1 atom stereocenters. The Balaban J connectivity index is 1.92. The molecule has 0 aliphatic carbocycles. The van der Waals surface area contributed by atoms with Gasteiger partial charge in [0, 0.05) is 17.3 Å². The number of amides is 1. The van der Waals surface area contributed by atoms with Gasteiger partial charge < -0.3 is 14.7 Å². The summed E-state index contributed by atoms with van der Waals surface area (Å²) in [6.45, 7) is 5.29. The van der Waals surface area contributed by atoms with Crippen LogP contribution in [0.2, 0.25) is 0 Å². The first-order valence-electron chi connectivity index (χ1n) is 8.25. The number of fused-ring (bicyclic) bond motifs is 1. The van der Waals surface area contributed by atoms with Gasteiger partial charge in [0.15, 0.2) is 6.61 Å². The minimum atomic E-state index is -1.03. The summed E-state index contributed by atoms with van der Waals surface area (Å²) in [5.41, 5.74) is 4.23. The van der Waals surface area contributed by atoms with E-state index in [1.165, 1.54) is 5.56 Å². The van der Waals surface area contributed by atoms with Crippen LogP contribution in [-0.4, -0.2) is 29.6 Å². The topological polar surface area (TPSA) is 66.8 Å². The molecule has 1 N–H and O–H groups in total. The zero-order chi connectivity index (χ0) is 18.1. The number of rotatable bonds is 4. The van der Waals surface area contributed by atoms with Gasteiger partial charge in [-0.15, -0.1) is 0 Å². The van der Waals surface area contributed by atoms with E-state index < -0.39 is 12.6 Å². The number of hydrogen-bond acceptors (Lipinski definition) is 3. The summed E-state index contributed by atoms with van der Waals surface area (Å²) in [7, 11) is 0. The van der Waals surface area contributed by atoms with E-state index in [4.69, 9.17) is 9.84 Å². The summed E-state index contributed by atoms with van der Waals surface area (Å²) in [4.78, 5) is 25.6. The molecule has 0 aromatic heterocycles. The van der Waals surface area contributed by atoms with E-state index in [2.05, 4.69) is 6.07 Å². The van der Waals surface area contributed by atoms with Gasteiger partial charge in [-0.3, -0.25) is 4.79 Å². The van der Waals surface area contributed by atoms with Crippen LogP contribution in [0.5, 0.6) is 5.75 Å². The number of aliphatic carboxylic acids is 1. The number of aryl methyl sites for hydroxylation is 2. The number of nitrogens with zero attached hydrogens (tertiary/aromatic N) is 1. The first-order valence-corrected chi connectivity index (χ1v) is 8.25. The molecule has 130 valence electrons. The second-order valence-corrected chi connectivity index (χ2v) is 6.48. The Morgan fingerprint density at radius 3 is 2.48 bits per heavy atom. The summed E-state index contributed by atoms with van der Waals surface area (Å²) in [6, 6.07) is 11.6. The Morgan fingerprint density at radius 1 is 1.20 bits per heavy atom. The molecule has 3 rings (SSSR count). The third kappa shape index (κ3) is 3.22. The van der Waals surface area contributed by atoms with Gasteiger partial charge in [0.1, 0.15) is 5.75 Å². The van der Waals surface area contributed by atoms with E-state index in [-0.39, 0.29) is 11.9 Å². The fourth-order valence-electron chi connectivity index (χ4n) is 3.45. The zero-order valence-corrected chi connectivity index (χ0v) is 14.6. The van der Waals surface area contributed by atoms with Crippen LogP contribution in [0.3, 0.4) is 0 Å². The van der Waals surface area contributed by atoms with Crippen molar-refractivity contribution in [2.45, 2.75) is 33.2 Å². The third-order valence-electron chi connectivity index (χ3n) is 4.47. The highest BCUT2D eigenvalue weighted by atomic mass is 16.5. The maximum atomic E-state index is 13.1. The number of hydrogen-bond donors (Lipinski definition) is 1. The average molecular weight is 339 g/mol. The lowest BCUT2D eigenvalue weighted by Crippen LogP contribution is -2.35. The van der Waals surface area contributed by atoms with Crippen molar-refractivity contribution in [2.75, 3.05) is 11.5 Å². The molecule has 0 bridgehead atoms. The number of carbonyl (C=O) groups is 2. The SMILES string of the molecule is Cc1cc(C(=O)N2c3ccccc3CC2C)cc(C)c1OCC(=O)O. The van der Waals surface area contributed by atoms with Crippen molar-refractivity contribution in [3.05, 3.63) is 58.7 Å². The molecule has 0 saturated carbocycles. The average Bonchev–Trinajstić information content (AvgIpc) is 2.88. The van der Waals surface area contributed by atoms with Gasteiger partial charge in [-0.2, -0.15) is 0 Å². The normalized spacial score (nSPS) is 15.8. The molecule has 2 aromatic rings. The maximum Gasteiger partial charge on any atom is 0.341 e. The van der Waals surface area contributed by atoms with Crippen LogP contribution in [0, 0.1) is 13.8 Å². The van der Waals surface area contributed by atoms with Gasteiger partial charge in [-0.05, 0) is 62.1 Å². The Kier molecular flexibility index (Phi) is 4.49. The van der Waals surface area contributed by atoms with E-state index in [1.54, 1.807) is 12.1 Å². The molecule has 0 fully saturated rings. The summed E-state index contributed by atoms with van der Waals surface area (Å²) in [6.07, 6.45) is 0.847. The molecule has 1 heterocycles. The maximum absolute atomic E-state index is 13.1. The minimum Gasteiger partial charge on any atom is -0.481 e. The molecule has 5 heteroatoms. The van der Waals surface area contributed by atoms with Gasteiger partial charge >= 0.3 is 5.97 Å². The van der Waals surface area contributed by atoms with Crippen molar-refractivity contribution in [2.24, 2.45) is 0 Å². The predicted octanol–water partition coefficient (Wildman–Crippen LogP) is 3.36. The molecule has 25 heavy (non-hydrogen) atoms. The molecule has 1 aliphatic rings. The second kappa shape index (κ2) is 6.59. The number of benzene rings is 2. The van der Waals surface area contributed by atoms with Crippen molar-refractivity contribution in [3.63, 3.8) is 0 Å². The molecule has 1 aliphatic heterocycles. The first-order chi connectivity index (χ1) is 11.9. The molecule has 1 unspecified atom stereocenters. The Morgan fingerprint density at radius 2 is 1.84 bits per heavy atom. The number of para-hydroxylation sites is 1. The second-order valence-electron chi connectivity index (χ2n) is 6.48. The van der Waals surface area contributed by atoms with Crippen LogP contribution in [0.15, 0.2) is 36.4 Å². The van der Waals surface area contributed by atoms with Gasteiger partial charge in [0.25, 0.3) is 5.91 Å². The molecular weight excluding hydrogens is 318 g/mol. The van der Waals surface area contributed by atoms with E-state index >= 15 is 0 Å². The minimum absolute atomic E-state index is 0.0477. The standard InChI is InChI=1S/C20H21NO4/c1-12-8-16(9-13(2)19(12)25-11-18(22)23)20(24)21-14(3)10-15-6-4-5-7-17(15)21/h4-9,14H,10-11H2,1-3H3,(H,22,23). The van der Waals surface area contributed by atoms with Crippen molar-refractivity contribution < 1.29 is 19.4 Å². The van der Waals surface area contributed by atoms with Crippen molar-refractivity contribution >= 4 is 17.6 Å². The fourth-order valence-corrected chi connectivity index (χ4v) is 3.45. The van der Waals surface area contributed by atoms with Gasteiger partial charge in [0.05, 0.1) is 0 Å². The van der Waals surface area contributed by atoms with Gasteiger partial charge in [0.2, 0.25) is 0 Å². The third-order valence-corrected chi connectivity index (χ3v) is 4.47. The number of carbonyl (C=O) groups excluding carboxylic acids is 1. The summed E-state index contributed by atoms with van der Waals surface area (Å²) >= 11 is 0. The Hall–Kier alpha value is -2.82. The van der Waals surface area contributed by atoms with Gasteiger partial charge in [-0.1, -0.05) is 18.2 Å². The highest BCUT2D eigenvalue weighted by Gasteiger charge is 2.31. The van der Waals surface area contributed by atoms with Crippen LogP contribution in [0.25, 0.3) is 0 Å². The number of anilines is 1. The van der Waals surface area contributed by atoms with Crippen molar-refractivity contribution in [3.8, 4) is 5.75 Å². The van der Waals surface area contributed by atoms with E-state index in [1.807, 2.05) is 43.9 Å². The van der Waals surface area contributed by atoms with Crippen molar-refractivity contribution in [1.82, 2.24) is 0 Å². The molecule has 5 nitrogen and oxygen atoms in total. The van der Waals surface area contributed by atoms with Crippen LogP contribution < -0.4 is 9.64 Å². The zero-order valence-electron chi connectivity index (χ0n) is 14.6. The number of carboxylic acids is 1. The number of ether oxygens (including phenoxy) is 1. The lowest BCUT2D eigenvalue weighted by atomic mass is 10.0. The predicted molar refractivity (Wildman–Crippen MR) is 95.5 cm³/mol. The van der Waals surface area contributed by atoms with E-state index in [0.29, 0.717) is 11.3 Å². The lowest BCUT2D eigenvalue weighted by molar-refractivity contribution is -0.139. The van der Waals surface area contributed by atoms with Crippen LogP contribution in [0.4, 0.5) is 5.69 Å². The van der Waals surface area contributed by atoms with Crippen LogP contribution in [-0.2, 0) is 11.2 Å². The van der Waals surface area contributed by atoms with Crippen LogP contribution in [0.1, 0.15) is 34.0 Å². The van der Waals surface area contributed by atoms with Gasteiger partial charge in [-0.25, -0.2) is 4.79 Å². The molecule has 1 amide bonds. The quantitative estimate of drug-likeness (QED) is 0.927. The van der Waals surface area contributed by atoms with Crippen molar-refractivity contribution in [1.29, 1.82) is 0 Å². The lowest BCUT2D eigenvalue weighted by Gasteiger charge is -2.23.